The van der Waals surface area contributed by atoms with Crippen molar-refractivity contribution in [2.45, 2.75) is 52.1 Å². The van der Waals surface area contributed by atoms with E-state index < -0.39 is 47.2 Å². The maximum atomic E-state index is 13.8. The van der Waals surface area contributed by atoms with Gasteiger partial charge in [0.05, 0.1) is 17.5 Å². The summed E-state index contributed by atoms with van der Waals surface area (Å²) in [5.41, 5.74) is 1.33. The summed E-state index contributed by atoms with van der Waals surface area (Å²) in [6.45, 7) is 6.67. The van der Waals surface area contributed by atoms with E-state index in [1.807, 2.05) is 32.0 Å². The van der Waals surface area contributed by atoms with E-state index in [-0.39, 0.29) is 0 Å². The Balaban J connectivity index is 1.81. The zero-order chi connectivity index (χ0) is 24.8. The number of carboxylic acids is 1. The molecule has 0 bridgehead atoms. The smallest absolute Gasteiger partial charge is 0.324 e. The largest absolute Gasteiger partial charge is 0.480 e. The number of para-hydroxylation sites is 1. The number of hydrogen-bond donors (Lipinski definition) is 2. The lowest BCUT2D eigenvalue weighted by atomic mass is 9.80. The number of carbonyl (C=O) groups is 4. The molecule has 8 nitrogen and oxygen atoms in total. The highest BCUT2D eigenvalue weighted by Crippen LogP contribution is 2.50. The summed E-state index contributed by atoms with van der Waals surface area (Å²) in [5, 5.41) is 13.1. The molecule has 4 unspecified atom stereocenters. The molecule has 4 rings (SSSR count). The van der Waals surface area contributed by atoms with Gasteiger partial charge in [-0.1, -0.05) is 44.2 Å². The molecule has 0 aliphatic carbocycles. The van der Waals surface area contributed by atoms with Gasteiger partial charge in [-0.15, -0.1) is 0 Å². The Morgan fingerprint density at radius 2 is 1.62 bits per heavy atom. The fourth-order valence-corrected chi connectivity index (χ4v) is 5.25. The summed E-state index contributed by atoms with van der Waals surface area (Å²) in [7, 11) is 0. The van der Waals surface area contributed by atoms with E-state index >= 15 is 0 Å². The number of amides is 2. The molecule has 0 aromatic heterocycles. The van der Waals surface area contributed by atoms with Crippen molar-refractivity contribution in [3.8, 4) is 5.75 Å². The molecule has 0 saturated carbocycles. The molecule has 2 aromatic rings. The van der Waals surface area contributed by atoms with E-state index in [0.29, 0.717) is 29.8 Å². The SMILES string of the molecule is CCc1cccc(CC)c1N1C(=O)C2C(c3ccc(OC(C)=O)cc3)NC(C)(C(=O)O)C2C1=O. The Bertz CT molecular complexity index is 1150. The summed E-state index contributed by atoms with van der Waals surface area (Å²) in [4.78, 5) is 52.4. The first kappa shape index (κ1) is 23.6. The monoisotopic (exact) mass is 464 g/mol. The van der Waals surface area contributed by atoms with Gasteiger partial charge in [-0.25, -0.2) is 4.90 Å². The van der Waals surface area contributed by atoms with Gasteiger partial charge >= 0.3 is 11.9 Å². The number of carboxylic acid groups (broad SMARTS) is 1. The molecule has 2 N–H and O–H groups in total. The van der Waals surface area contributed by atoms with Gasteiger partial charge in [0, 0.05) is 13.0 Å². The number of esters is 1. The molecule has 178 valence electrons. The number of anilines is 1. The molecule has 34 heavy (non-hydrogen) atoms. The van der Waals surface area contributed by atoms with Gasteiger partial charge < -0.3 is 9.84 Å². The van der Waals surface area contributed by atoms with Crippen LogP contribution in [-0.4, -0.2) is 34.4 Å². The molecule has 0 radical (unpaired) electrons. The number of aryl methyl sites for hydroxylation is 2. The van der Waals surface area contributed by atoms with E-state index in [1.165, 1.54) is 18.7 Å². The number of hydrogen-bond acceptors (Lipinski definition) is 6. The standard InChI is InChI=1S/C26H28N2O6/c1-5-15-8-7-9-16(6-2)22(15)28-23(30)19-20(24(28)31)26(4,25(32)33)27-21(19)17-10-12-18(13-11-17)34-14(3)29/h7-13,19-21,27H,5-6H2,1-4H3,(H,32,33). The molecule has 2 aliphatic rings. The van der Waals surface area contributed by atoms with Crippen LogP contribution in [0.4, 0.5) is 5.69 Å². The summed E-state index contributed by atoms with van der Waals surface area (Å²) in [6.07, 6.45) is 1.26. The lowest BCUT2D eigenvalue weighted by molar-refractivity contribution is -0.147. The van der Waals surface area contributed by atoms with Crippen LogP contribution < -0.4 is 15.0 Å². The average Bonchev–Trinajstić information content (AvgIpc) is 3.26. The van der Waals surface area contributed by atoms with Crippen molar-refractivity contribution in [2.75, 3.05) is 4.90 Å². The van der Waals surface area contributed by atoms with Gasteiger partial charge in [-0.05, 0) is 48.6 Å². The zero-order valence-corrected chi connectivity index (χ0v) is 19.6. The predicted octanol–water partition coefficient (Wildman–Crippen LogP) is 3.03. The van der Waals surface area contributed by atoms with E-state index in [0.717, 1.165) is 11.1 Å². The lowest BCUT2D eigenvalue weighted by Crippen LogP contribution is -2.53. The van der Waals surface area contributed by atoms with Crippen LogP contribution in [0.2, 0.25) is 0 Å². The number of carbonyl (C=O) groups excluding carboxylic acids is 3. The molecular formula is C26H28N2O6. The second-order valence-corrected chi connectivity index (χ2v) is 8.94. The first-order valence-electron chi connectivity index (χ1n) is 11.4. The van der Waals surface area contributed by atoms with Crippen molar-refractivity contribution in [3.05, 3.63) is 59.2 Å². The van der Waals surface area contributed by atoms with Crippen LogP contribution in [-0.2, 0) is 32.0 Å². The van der Waals surface area contributed by atoms with Crippen LogP contribution in [0.1, 0.15) is 50.4 Å². The first-order chi connectivity index (χ1) is 16.1. The fourth-order valence-electron chi connectivity index (χ4n) is 5.25. The van der Waals surface area contributed by atoms with Crippen molar-refractivity contribution in [3.63, 3.8) is 0 Å². The van der Waals surface area contributed by atoms with Crippen LogP contribution in [0, 0.1) is 11.8 Å². The van der Waals surface area contributed by atoms with Crippen molar-refractivity contribution >= 4 is 29.4 Å². The van der Waals surface area contributed by atoms with E-state index in [9.17, 15) is 24.3 Å². The van der Waals surface area contributed by atoms with Crippen LogP contribution in [0.15, 0.2) is 42.5 Å². The third kappa shape index (κ3) is 3.58. The highest BCUT2D eigenvalue weighted by atomic mass is 16.5. The van der Waals surface area contributed by atoms with Crippen molar-refractivity contribution in [1.29, 1.82) is 0 Å². The van der Waals surface area contributed by atoms with Gasteiger partial charge in [0.2, 0.25) is 11.8 Å². The molecular weight excluding hydrogens is 436 g/mol. The van der Waals surface area contributed by atoms with Crippen LogP contribution in [0.25, 0.3) is 0 Å². The second-order valence-electron chi connectivity index (χ2n) is 8.94. The maximum Gasteiger partial charge on any atom is 0.324 e. The Morgan fingerprint density at radius 1 is 1.03 bits per heavy atom. The molecule has 4 atom stereocenters. The minimum absolute atomic E-state index is 0.340. The lowest BCUT2D eigenvalue weighted by Gasteiger charge is -2.29. The Kier molecular flexibility index (Phi) is 6.03. The fraction of sp³-hybridized carbons (Fsp3) is 0.385. The summed E-state index contributed by atoms with van der Waals surface area (Å²) >= 11 is 0. The van der Waals surface area contributed by atoms with E-state index in [1.54, 1.807) is 24.3 Å². The van der Waals surface area contributed by atoms with Gasteiger partial charge in [0.25, 0.3) is 0 Å². The number of nitrogens with one attached hydrogen (secondary N) is 1. The number of nitrogens with zero attached hydrogens (tertiary/aromatic N) is 1. The van der Waals surface area contributed by atoms with Crippen molar-refractivity contribution in [1.82, 2.24) is 5.32 Å². The molecule has 2 saturated heterocycles. The maximum absolute atomic E-state index is 13.8. The minimum Gasteiger partial charge on any atom is -0.480 e. The van der Waals surface area contributed by atoms with Crippen molar-refractivity contribution < 1.29 is 29.0 Å². The molecule has 2 heterocycles. The third-order valence-electron chi connectivity index (χ3n) is 6.92. The normalized spacial score (nSPS) is 26.0. The molecule has 2 aromatic carbocycles. The number of fused-ring (bicyclic) bond motifs is 1. The zero-order valence-electron chi connectivity index (χ0n) is 19.6. The Morgan fingerprint density at radius 3 is 2.12 bits per heavy atom. The summed E-state index contributed by atoms with van der Waals surface area (Å²) in [5.74, 6) is -4.17. The van der Waals surface area contributed by atoms with Gasteiger partial charge in [-0.2, -0.15) is 0 Å². The first-order valence-corrected chi connectivity index (χ1v) is 11.4. The van der Waals surface area contributed by atoms with Gasteiger partial charge in [0.1, 0.15) is 11.3 Å². The van der Waals surface area contributed by atoms with Crippen molar-refractivity contribution in [2.24, 2.45) is 11.8 Å². The highest BCUT2D eigenvalue weighted by Gasteiger charge is 2.67. The second kappa shape index (κ2) is 8.68. The summed E-state index contributed by atoms with van der Waals surface area (Å²) in [6, 6.07) is 11.5. The topological polar surface area (TPSA) is 113 Å². The molecule has 0 spiro atoms. The third-order valence-corrected chi connectivity index (χ3v) is 6.92. The van der Waals surface area contributed by atoms with E-state index in [4.69, 9.17) is 4.74 Å². The number of ether oxygens (including phenoxy) is 1. The molecule has 2 amide bonds. The predicted molar refractivity (Wildman–Crippen MR) is 124 cm³/mol. The molecule has 2 fully saturated rings. The number of aliphatic carboxylic acids is 1. The average molecular weight is 465 g/mol. The van der Waals surface area contributed by atoms with Crippen LogP contribution in [0.5, 0.6) is 5.75 Å². The number of rotatable bonds is 6. The highest BCUT2D eigenvalue weighted by molar-refractivity contribution is 6.24. The Hall–Kier alpha value is -3.52. The molecule has 2 aliphatic heterocycles. The number of benzene rings is 2. The van der Waals surface area contributed by atoms with Crippen LogP contribution in [0.3, 0.4) is 0 Å². The van der Waals surface area contributed by atoms with Gasteiger partial charge in [0.15, 0.2) is 0 Å². The quantitative estimate of drug-likeness (QED) is 0.384. The number of imide groups is 1. The van der Waals surface area contributed by atoms with Crippen LogP contribution >= 0.6 is 0 Å². The Labute approximate surface area is 197 Å². The summed E-state index contributed by atoms with van der Waals surface area (Å²) < 4.78 is 5.08. The molecule has 8 heteroatoms. The minimum atomic E-state index is -1.63. The van der Waals surface area contributed by atoms with E-state index in [2.05, 4.69) is 5.32 Å². The van der Waals surface area contributed by atoms with Gasteiger partial charge in [-0.3, -0.25) is 24.5 Å².